The van der Waals surface area contributed by atoms with Crippen LogP contribution in [0.5, 0.6) is 0 Å². The molecule has 4 heteroatoms. The van der Waals surface area contributed by atoms with Crippen molar-refractivity contribution in [1.82, 2.24) is 0 Å². The summed E-state index contributed by atoms with van der Waals surface area (Å²) in [5, 5.41) is 1.76. The van der Waals surface area contributed by atoms with Crippen molar-refractivity contribution in [2.75, 3.05) is 10.4 Å². The summed E-state index contributed by atoms with van der Waals surface area (Å²) in [5.41, 5.74) is 5.13. The highest BCUT2D eigenvalue weighted by Gasteiger charge is 2.08. The largest absolute Gasteiger partial charge is 0.293 e. The van der Waals surface area contributed by atoms with Crippen LogP contribution < -0.4 is 10.4 Å². The van der Waals surface area contributed by atoms with Gasteiger partial charge in [-0.05, 0) is 24.3 Å². The first kappa shape index (κ1) is 12.0. The van der Waals surface area contributed by atoms with Gasteiger partial charge in [0, 0.05) is 0 Å². The van der Waals surface area contributed by atoms with Crippen molar-refractivity contribution < 1.29 is 0 Å². The number of anilines is 2. The summed E-state index contributed by atoms with van der Waals surface area (Å²) in [6.45, 7) is 0. The van der Waals surface area contributed by atoms with E-state index in [0.29, 0.717) is 4.32 Å². The Balaban J connectivity index is 2.23. The van der Waals surface area contributed by atoms with Crippen molar-refractivity contribution in [2.24, 2.45) is 0 Å². The van der Waals surface area contributed by atoms with Crippen molar-refractivity contribution in [1.29, 1.82) is 0 Å². The number of thiocarbonyl (C=S) groups is 1. The standard InChI is InChI=1S/C13H12N2S2/c16-13(17)15(12-9-5-2-6-10-12)14-11-7-3-1-4-8-11/h1-10,14H,(H,16,17). The normalized spacial score (nSPS) is 9.71. The summed E-state index contributed by atoms with van der Waals surface area (Å²) in [4.78, 5) is 0. The van der Waals surface area contributed by atoms with Crippen LogP contribution in [0, 0.1) is 0 Å². The fourth-order valence-electron chi connectivity index (χ4n) is 1.44. The molecule has 0 saturated carbocycles. The number of nitrogens with zero attached hydrogens (tertiary/aromatic N) is 1. The highest BCUT2D eigenvalue weighted by Crippen LogP contribution is 2.17. The summed E-state index contributed by atoms with van der Waals surface area (Å²) in [5.74, 6) is 0. The predicted octanol–water partition coefficient (Wildman–Crippen LogP) is 3.73. The minimum atomic E-state index is 0.472. The maximum Gasteiger partial charge on any atom is 0.156 e. The van der Waals surface area contributed by atoms with Crippen LogP contribution in [0.15, 0.2) is 60.7 Å². The molecule has 0 aliphatic rings. The van der Waals surface area contributed by atoms with Gasteiger partial charge in [-0.1, -0.05) is 48.6 Å². The number of hydrogen-bond donors (Lipinski definition) is 2. The lowest BCUT2D eigenvalue weighted by Gasteiger charge is -2.24. The van der Waals surface area contributed by atoms with Crippen LogP contribution in [0.1, 0.15) is 0 Å². The molecule has 0 aliphatic heterocycles. The topological polar surface area (TPSA) is 15.3 Å². The minimum Gasteiger partial charge on any atom is -0.293 e. The zero-order valence-corrected chi connectivity index (χ0v) is 10.8. The van der Waals surface area contributed by atoms with Gasteiger partial charge in [0.2, 0.25) is 0 Å². The van der Waals surface area contributed by atoms with Gasteiger partial charge in [0.15, 0.2) is 4.32 Å². The van der Waals surface area contributed by atoms with Crippen LogP contribution in [0.3, 0.4) is 0 Å². The van der Waals surface area contributed by atoms with Gasteiger partial charge in [-0.3, -0.25) is 5.43 Å². The van der Waals surface area contributed by atoms with Gasteiger partial charge in [0.25, 0.3) is 0 Å². The SMILES string of the molecule is S=C(S)N(Nc1ccccc1)c1ccccc1. The third-order valence-electron chi connectivity index (χ3n) is 2.22. The first-order chi connectivity index (χ1) is 8.27. The lowest BCUT2D eigenvalue weighted by Crippen LogP contribution is -2.31. The Labute approximate surface area is 112 Å². The molecule has 0 unspecified atom stereocenters. The summed E-state index contributed by atoms with van der Waals surface area (Å²) in [6.07, 6.45) is 0. The molecule has 86 valence electrons. The lowest BCUT2D eigenvalue weighted by molar-refractivity contribution is 1.25. The summed E-state index contributed by atoms with van der Waals surface area (Å²) < 4.78 is 0.472. The fraction of sp³-hybridized carbons (Fsp3) is 0. The Hall–Kier alpha value is -1.52. The molecule has 17 heavy (non-hydrogen) atoms. The molecule has 2 aromatic rings. The van der Waals surface area contributed by atoms with Crippen LogP contribution >= 0.6 is 24.8 Å². The molecule has 0 fully saturated rings. The molecule has 0 heterocycles. The zero-order chi connectivity index (χ0) is 12.1. The molecule has 0 bridgehead atoms. The molecule has 0 saturated heterocycles. The van der Waals surface area contributed by atoms with E-state index >= 15 is 0 Å². The second-order valence-electron chi connectivity index (χ2n) is 3.43. The molecular weight excluding hydrogens is 248 g/mol. The van der Waals surface area contributed by atoms with Crippen molar-refractivity contribution in [2.45, 2.75) is 0 Å². The number of thiol groups is 1. The van der Waals surface area contributed by atoms with E-state index < -0.39 is 0 Å². The Morgan fingerprint density at radius 1 is 0.941 bits per heavy atom. The van der Waals surface area contributed by atoms with Crippen molar-refractivity contribution >= 4 is 40.5 Å². The quantitative estimate of drug-likeness (QED) is 0.497. The highest BCUT2D eigenvalue weighted by atomic mass is 32.1. The number of nitrogens with one attached hydrogen (secondary N) is 1. The van der Waals surface area contributed by atoms with Crippen molar-refractivity contribution in [3.8, 4) is 0 Å². The Morgan fingerprint density at radius 3 is 2.00 bits per heavy atom. The molecule has 0 aliphatic carbocycles. The highest BCUT2D eigenvalue weighted by molar-refractivity contribution is 8.11. The number of benzene rings is 2. The van der Waals surface area contributed by atoms with E-state index in [1.54, 1.807) is 5.01 Å². The van der Waals surface area contributed by atoms with Gasteiger partial charge in [0.1, 0.15) is 0 Å². The van der Waals surface area contributed by atoms with E-state index in [2.05, 4.69) is 18.1 Å². The van der Waals surface area contributed by atoms with Gasteiger partial charge in [-0.25, -0.2) is 5.01 Å². The molecule has 0 radical (unpaired) electrons. The zero-order valence-electron chi connectivity index (χ0n) is 9.08. The van der Waals surface area contributed by atoms with Crippen LogP contribution in [0.4, 0.5) is 11.4 Å². The molecule has 1 N–H and O–H groups in total. The monoisotopic (exact) mass is 260 g/mol. The first-order valence-electron chi connectivity index (χ1n) is 5.17. The third kappa shape index (κ3) is 3.22. The third-order valence-corrected chi connectivity index (χ3v) is 2.60. The van der Waals surface area contributed by atoms with E-state index in [1.165, 1.54) is 0 Å². The fourth-order valence-corrected chi connectivity index (χ4v) is 1.76. The number of rotatable bonds is 3. The molecule has 2 rings (SSSR count). The smallest absolute Gasteiger partial charge is 0.156 e. The van der Waals surface area contributed by atoms with Crippen LogP contribution in [0.2, 0.25) is 0 Å². The summed E-state index contributed by atoms with van der Waals surface area (Å²) in [6, 6.07) is 19.7. The summed E-state index contributed by atoms with van der Waals surface area (Å²) >= 11 is 9.36. The number of hydrogen-bond acceptors (Lipinski definition) is 2. The molecule has 0 aromatic heterocycles. The van der Waals surface area contributed by atoms with Gasteiger partial charge in [-0.2, -0.15) is 0 Å². The second-order valence-corrected chi connectivity index (χ2v) is 4.54. The van der Waals surface area contributed by atoms with E-state index in [9.17, 15) is 0 Å². The van der Waals surface area contributed by atoms with Crippen LogP contribution in [-0.4, -0.2) is 4.32 Å². The maximum absolute atomic E-state index is 5.13. The molecular formula is C13H12N2S2. The predicted molar refractivity (Wildman–Crippen MR) is 80.6 cm³/mol. The van der Waals surface area contributed by atoms with Crippen LogP contribution in [0.25, 0.3) is 0 Å². The Bertz CT molecular complexity index is 485. The molecule has 0 atom stereocenters. The van der Waals surface area contributed by atoms with E-state index in [0.717, 1.165) is 11.4 Å². The van der Waals surface area contributed by atoms with Crippen molar-refractivity contribution in [3.63, 3.8) is 0 Å². The van der Waals surface area contributed by atoms with Crippen LogP contribution in [-0.2, 0) is 0 Å². The Kier molecular flexibility index (Phi) is 4.01. The summed E-state index contributed by atoms with van der Waals surface area (Å²) in [7, 11) is 0. The maximum atomic E-state index is 5.13. The Morgan fingerprint density at radius 2 is 1.47 bits per heavy atom. The van der Waals surface area contributed by atoms with Gasteiger partial charge in [0.05, 0.1) is 11.4 Å². The van der Waals surface area contributed by atoms with E-state index in [4.69, 9.17) is 12.2 Å². The molecule has 2 aromatic carbocycles. The average Bonchev–Trinajstić information content (AvgIpc) is 2.38. The molecule has 2 nitrogen and oxygen atoms in total. The van der Waals surface area contributed by atoms with Crippen molar-refractivity contribution in [3.05, 3.63) is 60.7 Å². The van der Waals surface area contributed by atoms with Gasteiger partial charge >= 0.3 is 0 Å². The van der Waals surface area contributed by atoms with Gasteiger partial charge in [-0.15, -0.1) is 12.6 Å². The minimum absolute atomic E-state index is 0.472. The number of para-hydroxylation sites is 2. The average molecular weight is 260 g/mol. The first-order valence-corrected chi connectivity index (χ1v) is 6.03. The second kappa shape index (κ2) is 5.70. The van der Waals surface area contributed by atoms with E-state index in [1.807, 2.05) is 60.7 Å². The van der Waals surface area contributed by atoms with E-state index in [-0.39, 0.29) is 0 Å². The number of hydrazine groups is 1. The molecule has 0 spiro atoms. The lowest BCUT2D eigenvalue weighted by atomic mass is 10.3. The molecule has 0 amide bonds. The van der Waals surface area contributed by atoms with Gasteiger partial charge < -0.3 is 0 Å².